The van der Waals surface area contributed by atoms with Gasteiger partial charge in [-0.3, -0.25) is 4.52 Å². The molecule has 0 heterocycles. The second-order valence-electron chi connectivity index (χ2n) is 11.8. The van der Waals surface area contributed by atoms with Crippen LogP contribution in [0.2, 0.25) is 0 Å². The normalized spacial score (nSPS) is 23.8. The Balaban J connectivity index is 2.85. The van der Waals surface area contributed by atoms with Crippen LogP contribution in [0.1, 0.15) is 107 Å². The summed E-state index contributed by atoms with van der Waals surface area (Å²) in [5.74, 6) is 0.101. The van der Waals surface area contributed by atoms with Crippen LogP contribution in [0, 0.1) is 17.3 Å². The molecule has 1 unspecified atom stereocenters. The fourth-order valence-corrected chi connectivity index (χ4v) is 6.54. The van der Waals surface area contributed by atoms with E-state index in [1.165, 1.54) is 27.9 Å². The Bertz CT molecular complexity index is 1040. The van der Waals surface area contributed by atoms with Gasteiger partial charge in [-0.25, -0.2) is 9.13 Å². The van der Waals surface area contributed by atoms with Gasteiger partial charge in [0.25, 0.3) is 0 Å². The summed E-state index contributed by atoms with van der Waals surface area (Å²) in [7, 11) is -10.0. The fraction of sp³-hybridized carbons (Fsp3) is 0.667. The number of hydrogen-bond acceptors (Lipinski definition) is 4. The summed E-state index contributed by atoms with van der Waals surface area (Å²) in [6.45, 7) is 16.9. The average Bonchev–Trinajstić information content (AvgIpc) is 3.31. The predicted octanol–water partition coefficient (Wildman–Crippen LogP) is 9.36. The highest BCUT2D eigenvalue weighted by Crippen LogP contribution is 2.65. The highest BCUT2D eigenvalue weighted by Gasteiger charge is 2.59. The molecule has 4 atom stereocenters. The van der Waals surface area contributed by atoms with Crippen LogP contribution in [-0.4, -0.2) is 21.3 Å². The van der Waals surface area contributed by atoms with Crippen molar-refractivity contribution in [2.24, 2.45) is 17.3 Å². The lowest BCUT2D eigenvalue weighted by Gasteiger charge is -2.14. The van der Waals surface area contributed by atoms with Crippen LogP contribution in [0.5, 0.6) is 0 Å². The molecular formula is C30H52O7P2. The van der Waals surface area contributed by atoms with Gasteiger partial charge < -0.3 is 14.7 Å². The van der Waals surface area contributed by atoms with Crippen molar-refractivity contribution in [3.8, 4) is 0 Å². The van der Waals surface area contributed by atoms with Crippen molar-refractivity contribution in [1.29, 1.82) is 0 Å². The molecule has 9 heteroatoms. The number of rotatable bonds is 18. The van der Waals surface area contributed by atoms with Gasteiger partial charge in [-0.2, -0.15) is 4.31 Å². The maximum absolute atomic E-state index is 12.0. The second kappa shape index (κ2) is 16.4. The Hall–Kier alpha value is -1.04. The predicted molar refractivity (Wildman–Crippen MR) is 161 cm³/mol. The molecule has 0 aromatic rings. The first kappa shape index (κ1) is 36.0. The van der Waals surface area contributed by atoms with Crippen molar-refractivity contribution < 1.29 is 32.6 Å². The first-order valence-electron chi connectivity index (χ1n) is 13.9. The fourth-order valence-electron chi connectivity index (χ4n) is 4.93. The molecule has 0 spiro atoms. The van der Waals surface area contributed by atoms with Gasteiger partial charge in [0.15, 0.2) is 0 Å². The first-order valence-corrected chi connectivity index (χ1v) is 17.0. The third-order valence-electron chi connectivity index (χ3n) is 7.41. The molecule has 7 nitrogen and oxygen atoms in total. The van der Waals surface area contributed by atoms with Gasteiger partial charge in [0.2, 0.25) is 0 Å². The van der Waals surface area contributed by atoms with Crippen molar-refractivity contribution in [3.05, 3.63) is 58.2 Å². The Morgan fingerprint density at radius 2 is 1.21 bits per heavy atom. The number of allylic oxidation sites excluding steroid dienone is 10. The Morgan fingerprint density at radius 1 is 0.744 bits per heavy atom. The van der Waals surface area contributed by atoms with E-state index in [-0.39, 0.29) is 23.9 Å². The average molecular weight is 587 g/mol. The van der Waals surface area contributed by atoms with Crippen molar-refractivity contribution in [1.82, 2.24) is 0 Å². The molecule has 1 aliphatic carbocycles. The molecule has 39 heavy (non-hydrogen) atoms. The molecule has 0 radical (unpaired) electrons. The Labute approximate surface area is 237 Å². The Kier molecular flexibility index (Phi) is 15.1. The molecular weight excluding hydrogens is 534 g/mol. The van der Waals surface area contributed by atoms with Gasteiger partial charge in [0.1, 0.15) is 0 Å². The summed E-state index contributed by atoms with van der Waals surface area (Å²) in [4.78, 5) is 27.6. The lowest BCUT2D eigenvalue weighted by molar-refractivity contribution is 0.166. The number of phosphoric ester groups is 1. The summed E-state index contributed by atoms with van der Waals surface area (Å²) in [5, 5.41) is 0. The molecule has 0 aromatic carbocycles. The highest BCUT2D eigenvalue weighted by atomic mass is 31.3. The summed E-state index contributed by atoms with van der Waals surface area (Å²) in [6.07, 6.45) is 19.1. The van der Waals surface area contributed by atoms with Crippen LogP contribution >= 0.6 is 15.6 Å². The molecule has 0 bridgehead atoms. The van der Waals surface area contributed by atoms with Crippen LogP contribution in [-0.2, 0) is 18.0 Å². The lowest BCUT2D eigenvalue weighted by atomic mass is 9.95. The Morgan fingerprint density at radius 3 is 1.69 bits per heavy atom. The van der Waals surface area contributed by atoms with E-state index < -0.39 is 15.6 Å². The van der Waals surface area contributed by atoms with Gasteiger partial charge >= 0.3 is 15.6 Å². The topological polar surface area (TPSA) is 113 Å². The molecule has 1 rings (SSSR count). The maximum atomic E-state index is 12.0. The zero-order chi connectivity index (χ0) is 29.9. The monoisotopic (exact) mass is 586 g/mol. The number of hydrogen-bond donors (Lipinski definition) is 3. The van der Waals surface area contributed by atoms with E-state index in [1.807, 2.05) is 0 Å². The van der Waals surface area contributed by atoms with Crippen LogP contribution in [0.15, 0.2) is 58.2 Å². The third-order valence-corrected chi connectivity index (χ3v) is 9.57. The van der Waals surface area contributed by atoms with E-state index in [1.54, 1.807) is 0 Å². The van der Waals surface area contributed by atoms with E-state index >= 15 is 0 Å². The van der Waals surface area contributed by atoms with E-state index in [9.17, 15) is 14.0 Å². The standard InChI is InChI=1S/C30H52O7P2/c1-23(2)13-9-15-25(5)17-11-18-27(7)21-28-29(22-36-39(34,35)37-38(31,32)33)30(28,8)20-12-19-26(6)16-10-14-24(3)4/h13-14,17,19,21,28-29H,9-12,15-16,18,20,22H2,1-8H3,(H,34,35)(H2,31,32,33)/b25-17+,26-19+,27-21+/t28-,29-,30+/m0/s1. The van der Waals surface area contributed by atoms with Crippen LogP contribution in [0.4, 0.5) is 0 Å². The van der Waals surface area contributed by atoms with E-state index in [0.717, 1.165) is 51.4 Å². The van der Waals surface area contributed by atoms with Crippen LogP contribution < -0.4 is 0 Å². The molecule has 224 valence electrons. The van der Waals surface area contributed by atoms with E-state index in [2.05, 4.69) is 90.1 Å². The zero-order valence-electron chi connectivity index (χ0n) is 25.3. The summed E-state index contributed by atoms with van der Waals surface area (Å²) < 4.78 is 32.1. The molecule has 0 aliphatic heterocycles. The quantitative estimate of drug-likeness (QED) is 0.108. The molecule has 1 saturated carbocycles. The van der Waals surface area contributed by atoms with Crippen LogP contribution in [0.25, 0.3) is 0 Å². The molecule has 1 fully saturated rings. The third kappa shape index (κ3) is 15.5. The van der Waals surface area contributed by atoms with Gasteiger partial charge in [-0.05, 0) is 117 Å². The lowest BCUT2D eigenvalue weighted by Crippen LogP contribution is -2.04. The van der Waals surface area contributed by atoms with Crippen LogP contribution in [0.3, 0.4) is 0 Å². The minimum absolute atomic E-state index is 0.0472. The molecule has 1 aliphatic rings. The summed E-state index contributed by atoms with van der Waals surface area (Å²) >= 11 is 0. The molecule has 3 N–H and O–H groups in total. The molecule has 0 amide bonds. The van der Waals surface area contributed by atoms with Crippen molar-refractivity contribution in [3.63, 3.8) is 0 Å². The minimum atomic E-state index is -5.15. The largest absolute Gasteiger partial charge is 0.481 e. The van der Waals surface area contributed by atoms with Gasteiger partial charge in [-0.15, -0.1) is 0 Å². The molecule has 0 aromatic heterocycles. The summed E-state index contributed by atoms with van der Waals surface area (Å²) in [6, 6.07) is 0. The SMILES string of the molecule is CC(C)=CCC/C(C)=C/CC/C(C)=C/[C@H]1[C@H](COP(=O)(O)OP(=O)(O)O)[C@]1(C)CC/C=C(\C)CCC=C(C)C. The summed E-state index contributed by atoms with van der Waals surface area (Å²) in [5.41, 5.74) is 6.50. The van der Waals surface area contributed by atoms with Gasteiger partial charge in [-0.1, -0.05) is 65.2 Å². The van der Waals surface area contributed by atoms with Crippen molar-refractivity contribution in [2.45, 2.75) is 107 Å². The van der Waals surface area contributed by atoms with Gasteiger partial charge in [0.05, 0.1) is 6.61 Å². The minimum Gasteiger partial charge on any atom is -0.302 e. The highest BCUT2D eigenvalue weighted by molar-refractivity contribution is 7.60. The second-order valence-corrected chi connectivity index (χ2v) is 14.6. The molecule has 0 saturated heterocycles. The van der Waals surface area contributed by atoms with E-state index in [0.29, 0.717) is 0 Å². The van der Waals surface area contributed by atoms with Gasteiger partial charge in [0, 0.05) is 0 Å². The first-order chi connectivity index (χ1) is 17.9. The zero-order valence-corrected chi connectivity index (χ0v) is 27.1. The van der Waals surface area contributed by atoms with Crippen molar-refractivity contribution in [2.75, 3.05) is 6.61 Å². The smallest absolute Gasteiger partial charge is 0.302 e. The van der Waals surface area contributed by atoms with E-state index in [4.69, 9.17) is 14.3 Å². The number of phosphoric acid groups is 2. The maximum Gasteiger partial charge on any atom is 0.481 e. The van der Waals surface area contributed by atoms with Crippen molar-refractivity contribution >= 4 is 15.6 Å².